The molecule has 1 N–H and O–H groups in total. The minimum Gasteiger partial charge on any atom is -0.336 e. The Balaban J connectivity index is 1.68. The van der Waals surface area contributed by atoms with Gasteiger partial charge in [-0.15, -0.1) is 0 Å². The van der Waals surface area contributed by atoms with E-state index in [0.717, 1.165) is 12.8 Å². The van der Waals surface area contributed by atoms with Crippen molar-refractivity contribution < 1.29 is 9.59 Å². The lowest BCUT2D eigenvalue weighted by molar-refractivity contribution is -0.126. The minimum absolute atomic E-state index is 0.0610. The summed E-state index contributed by atoms with van der Waals surface area (Å²) in [5.74, 6) is -0.259. The molecule has 4 rings (SSSR count). The predicted molar refractivity (Wildman–Crippen MR) is 94.7 cm³/mol. The Labute approximate surface area is 148 Å². The maximum absolute atomic E-state index is 12.8. The zero-order valence-electron chi connectivity index (χ0n) is 13.8. The lowest BCUT2D eigenvalue weighted by atomic mass is 10.2. The highest BCUT2D eigenvalue weighted by atomic mass is 32.2. The minimum atomic E-state index is -0.498. The fourth-order valence-electron chi connectivity index (χ4n) is 2.97. The number of fused-ring (bicyclic) bond motifs is 1. The third-order valence-corrected chi connectivity index (χ3v) is 5.49. The second-order valence-corrected chi connectivity index (χ2v) is 7.61. The monoisotopic (exact) mass is 358 g/mol. The molecule has 2 aliphatic rings. The third kappa shape index (κ3) is 2.90. The smallest absolute Gasteiger partial charge is 0.324 e. The van der Waals surface area contributed by atoms with Gasteiger partial charge in [-0.2, -0.15) is 0 Å². The summed E-state index contributed by atoms with van der Waals surface area (Å²) in [5.41, 5.74) is 0.569. The molecular weight excluding hydrogens is 340 g/mol. The Bertz CT molecular complexity index is 922. The van der Waals surface area contributed by atoms with Crippen LogP contribution in [-0.4, -0.2) is 44.7 Å². The predicted octanol–water partition coefficient (Wildman–Crippen LogP) is 1.76. The quantitative estimate of drug-likeness (QED) is 0.665. The summed E-state index contributed by atoms with van der Waals surface area (Å²) in [6.07, 6.45) is 1.90. The molecule has 1 aromatic heterocycles. The van der Waals surface area contributed by atoms with Crippen molar-refractivity contribution >= 4 is 34.6 Å². The Morgan fingerprint density at radius 2 is 2.08 bits per heavy atom. The number of hydrogen-bond acceptors (Lipinski definition) is 5. The van der Waals surface area contributed by atoms with Crippen LogP contribution in [0.3, 0.4) is 0 Å². The van der Waals surface area contributed by atoms with E-state index in [1.54, 1.807) is 23.6 Å². The van der Waals surface area contributed by atoms with Gasteiger partial charge in [0.15, 0.2) is 5.16 Å². The van der Waals surface area contributed by atoms with E-state index in [4.69, 9.17) is 0 Å². The zero-order chi connectivity index (χ0) is 17.6. The van der Waals surface area contributed by atoms with Crippen LogP contribution in [-0.2, 0) is 4.79 Å². The van der Waals surface area contributed by atoms with Gasteiger partial charge in [0.2, 0.25) is 5.91 Å². The molecule has 2 fully saturated rings. The van der Waals surface area contributed by atoms with E-state index < -0.39 is 5.25 Å². The molecule has 7 nitrogen and oxygen atoms in total. The van der Waals surface area contributed by atoms with E-state index in [0.29, 0.717) is 29.1 Å². The number of nitrogens with zero attached hydrogens (tertiary/aromatic N) is 3. The van der Waals surface area contributed by atoms with E-state index in [-0.39, 0.29) is 23.5 Å². The first-order valence-corrected chi connectivity index (χ1v) is 9.21. The Kier molecular flexibility index (Phi) is 3.99. The van der Waals surface area contributed by atoms with Gasteiger partial charge in [0.05, 0.1) is 16.2 Å². The van der Waals surface area contributed by atoms with E-state index >= 15 is 0 Å². The third-order valence-electron chi connectivity index (χ3n) is 4.44. The van der Waals surface area contributed by atoms with Crippen LogP contribution < -0.4 is 10.9 Å². The molecule has 1 aromatic carbocycles. The van der Waals surface area contributed by atoms with Gasteiger partial charge in [0.25, 0.3) is 5.56 Å². The Morgan fingerprint density at radius 1 is 1.32 bits per heavy atom. The highest BCUT2D eigenvalue weighted by Gasteiger charge is 2.33. The number of amides is 3. The lowest BCUT2D eigenvalue weighted by Gasteiger charge is -2.19. The Morgan fingerprint density at radius 3 is 2.76 bits per heavy atom. The molecule has 130 valence electrons. The molecule has 1 saturated heterocycles. The largest absolute Gasteiger partial charge is 0.336 e. The number of carbonyl (C=O) groups excluding carboxylic acids is 2. The number of para-hydroxylation sites is 1. The van der Waals surface area contributed by atoms with E-state index in [1.165, 1.54) is 16.7 Å². The van der Waals surface area contributed by atoms with Crippen molar-refractivity contribution in [1.29, 1.82) is 0 Å². The fraction of sp³-hybridized carbons (Fsp3) is 0.412. The van der Waals surface area contributed by atoms with Crippen LogP contribution in [0.5, 0.6) is 0 Å². The fourth-order valence-corrected chi connectivity index (χ4v) is 4.01. The molecule has 2 heterocycles. The van der Waals surface area contributed by atoms with Crippen LogP contribution in [0.25, 0.3) is 10.9 Å². The number of aromatic nitrogens is 2. The normalized spacial score (nSPS) is 18.4. The molecule has 0 radical (unpaired) electrons. The average molecular weight is 358 g/mol. The van der Waals surface area contributed by atoms with Gasteiger partial charge in [0, 0.05) is 19.1 Å². The number of hydrogen-bond donors (Lipinski definition) is 1. The molecule has 2 aromatic rings. The van der Waals surface area contributed by atoms with Crippen LogP contribution in [0.2, 0.25) is 0 Å². The number of thioether (sulfide) groups is 1. The maximum Gasteiger partial charge on any atom is 0.324 e. The summed E-state index contributed by atoms with van der Waals surface area (Å²) < 4.78 is 1.71. The molecule has 1 aliphatic carbocycles. The van der Waals surface area contributed by atoms with Crippen molar-refractivity contribution in [2.45, 2.75) is 36.2 Å². The average Bonchev–Trinajstić information content (AvgIpc) is 3.34. The molecule has 1 atom stereocenters. The summed E-state index contributed by atoms with van der Waals surface area (Å²) in [6, 6.07) is 7.05. The van der Waals surface area contributed by atoms with Crippen LogP contribution >= 0.6 is 11.8 Å². The van der Waals surface area contributed by atoms with Gasteiger partial charge in [-0.05, 0) is 31.9 Å². The van der Waals surface area contributed by atoms with E-state index in [9.17, 15) is 14.4 Å². The van der Waals surface area contributed by atoms with Gasteiger partial charge >= 0.3 is 6.03 Å². The SMILES string of the molecule is C[C@H](Sc1nc2ccccc2c(=O)n1C1CC1)C(=O)N1CCNC1=O. The van der Waals surface area contributed by atoms with Gasteiger partial charge in [-0.25, -0.2) is 9.78 Å². The first-order valence-electron chi connectivity index (χ1n) is 8.33. The van der Waals surface area contributed by atoms with Gasteiger partial charge in [-0.1, -0.05) is 23.9 Å². The van der Waals surface area contributed by atoms with Gasteiger partial charge in [-0.3, -0.25) is 19.1 Å². The molecule has 0 spiro atoms. The molecular formula is C17H18N4O3S. The summed E-state index contributed by atoms with van der Waals surface area (Å²) in [6.45, 7) is 2.60. The second kappa shape index (κ2) is 6.18. The number of urea groups is 1. The number of benzene rings is 1. The first-order chi connectivity index (χ1) is 12.1. The van der Waals surface area contributed by atoms with E-state index in [1.807, 2.05) is 12.1 Å². The van der Waals surface area contributed by atoms with Crippen LogP contribution in [0.4, 0.5) is 4.79 Å². The molecule has 0 unspecified atom stereocenters. The first kappa shape index (κ1) is 16.1. The van der Waals surface area contributed by atoms with Gasteiger partial charge in [0.1, 0.15) is 0 Å². The van der Waals surface area contributed by atoms with Crippen LogP contribution in [0.1, 0.15) is 25.8 Å². The topological polar surface area (TPSA) is 84.3 Å². The highest BCUT2D eigenvalue weighted by molar-refractivity contribution is 8.00. The number of imide groups is 1. The molecule has 25 heavy (non-hydrogen) atoms. The molecule has 1 aliphatic heterocycles. The van der Waals surface area contributed by atoms with Crippen molar-refractivity contribution in [3.63, 3.8) is 0 Å². The Hall–Kier alpha value is -2.35. The lowest BCUT2D eigenvalue weighted by Crippen LogP contribution is -2.39. The summed E-state index contributed by atoms with van der Waals surface area (Å²) in [7, 11) is 0. The number of carbonyl (C=O) groups is 2. The number of nitrogens with one attached hydrogen (secondary N) is 1. The molecule has 8 heteroatoms. The van der Waals surface area contributed by atoms with Gasteiger partial charge < -0.3 is 5.32 Å². The highest BCUT2D eigenvalue weighted by Crippen LogP contribution is 2.37. The van der Waals surface area contributed by atoms with Crippen molar-refractivity contribution in [2.75, 3.05) is 13.1 Å². The van der Waals surface area contributed by atoms with Crippen molar-refractivity contribution in [3.05, 3.63) is 34.6 Å². The van der Waals surface area contributed by atoms with E-state index in [2.05, 4.69) is 10.3 Å². The standard InChI is InChI=1S/C17H18N4O3S/c1-10(14(22)20-9-8-18-16(20)24)25-17-19-13-5-3-2-4-12(13)15(23)21(17)11-6-7-11/h2-5,10-11H,6-9H2,1H3,(H,18,24)/t10-/m0/s1. The molecule has 3 amide bonds. The summed E-state index contributed by atoms with van der Waals surface area (Å²) in [5, 5.41) is 3.27. The van der Waals surface area contributed by atoms with Crippen molar-refractivity contribution in [1.82, 2.24) is 19.8 Å². The van der Waals surface area contributed by atoms with Crippen molar-refractivity contribution in [3.8, 4) is 0 Å². The summed E-state index contributed by atoms with van der Waals surface area (Å²) >= 11 is 1.25. The molecule has 0 bridgehead atoms. The van der Waals surface area contributed by atoms with Crippen LogP contribution in [0.15, 0.2) is 34.2 Å². The number of rotatable bonds is 4. The second-order valence-electron chi connectivity index (χ2n) is 6.30. The molecule has 1 saturated carbocycles. The maximum atomic E-state index is 12.8. The van der Waals surface area contributed by atoms with Crippen molar-refractivity contribution in [2.24, 2.45) is 0 Å². The van der Waals surface area contributed by atoms with Crippen LogP contribution in [0, 0.1) is 0 Å². The summed E-state index contributed by atoms with van der Waals surface area (Å²) in [4.78, 5) is 42.9. The zero-order valence-corrected chi connectivity index (χ0v) is 14.6.